The molecule has 5 nitrogen and oxygen atoms in total. The number of rotatable bonds is 4. The summed E-state index contributed by atoms with van der Waals surface area (Å²) in [6.45, 7) is 5.00. The molecule has 1 saturated heterocycles. The van der Waals surface area contributed by atoms with E-state index in [2.05, 4.69) is 0 Å². The minimum absolute atomic E-state index is 0.0336. The highest BCUT2D eigenvalue weighted by Gasteiger charge is 2.24. The summed E-state index contributed by atoms with van der Waals surface area (Å²) >= 11 is 0. The first-order valence-corrected chi connectivity index (χ1v) is 6.38. The van der Waals surface area contributed by atoms with Gasteiger partial charge in [0, 0.05) is 12.7 Å². The quantitative estimate of drug-likeness (QED) is 0.830. The molecule has 2 heterocycles. The second kappa shape index (κ2) is 5.44. The molecule has 0 aliphatic carbocycles. The Morgan fingerprint density at radius 2 is 2.39 bits per heavy atom. The summed E-state index contributed by atoms with van der Waals surface area (Å²) in [7, 11) is 0. The predicted molar refractivity (Wildman–Crippen MR) is 68.4 cm³/mol. The zero-order chi connectivity index (χ0) is 13.1. The SMILES string of the molecule is CCn1cc(N)cc1C(=O)OCC1CCC(C)O1. The minimum atomic E-state index is -0.336. The second-order valence-electron chi connectivity index (χ2n) is 4.69. The van der Waals surface area contributed by atoms with E-state index in [0.717, 1.165) is 12.8 Å². The smallest absolute Gasteiger partial charge is 0.355 e. The summed E-state index contributed by atoms with van der Waals surface area (Å²) in [5, 5.41) is 0. The maximum Gasteiger partial charge on any atom is 0.355 e. The molecule has 0 amide bonds. The van der Waals surface area contributed by atoms with E-state index in [1.165, 1.54) is 0 Å². The Kier molecular flexibility index (Phi) is 3.91. The van der Waals surface area contributed by atoms with Gasteiger partial charge < -0.3 is 19.8 Å². The fourth-order valence-corrected chi connectivity index (χ4v) is 2.22. The van der Waals surface area contributed by atoms with Crippen LogP contribution in [0.5, 0.6) is 0 Å². The van der Waals surface area contributed by atoms with Crippen LogP contribution in [-0.2, 0) is 16.0 Å². The number of hydrogen-bond donors (Lipinski definition) is 1. The number of nitrogens with zero attached hydrogens (tertiary/aromatic N) is 1. The summed E-state index contributed by atoms with van der Waals surface area (Å²) in [5.41, 5.74) is 6.76. The normalized spacial score (nSPS) is 23.2. The summed E-state index contributed by atoms with van der Waals surface area (Å²) in [5.74, 6) is -0.336. The predicted octanol–water partition coefficient (Wildman–Crippen LogP) is 1.81. The number of nitrogens with two attached hydrogens (primary N) is 1. The van der Waals surface area contributed by atoms with Crippen molar-refractivity contribution in [2.45, 2.75) is 45.4 Å². The summed E-state index contributed by atoms with van der Waals surface area (Å²) in [6, 6.07) is 1.64. The van der Waals surface area contributed by atoms with Crippen molar-refractivity contribution >= 4 is 11.7 Å². The number of carbonyl (C=O) groups is 1. The lowest BCUT2D eigenvalue weighted by Crippen LogP contribution is -2.20. The van der Waals surface area contributed by atoms with Crippen LogP contribution in [0.15, 0.2) is 12.3 Å². The molecule has 0 spiro atoms. The zero-order valence-electron chi connectivity index (χ0n) is 10.9. The molecule has 1 aliphatic rings. The first-order chi connectivity index (χ1) is 8.60. The van der Waals surface area contributed by atoms with Crippen molar-refractivity contribution in [1.82, 2.24) is 4.57 Å². The van der Waals surface area contributed by atoms with Crippen molar-refractivity contribution in [2.75, 3.05) is 12.3 Å². The lowest BCUT2D eigenvalue weighted by atomic mass is 10.2. The Hall–Kier alpha value is -1.49. The van der Waals surface area contributed by atoms with E-state index in [0.29, 0.717) is 24.5 Å². The van der Waals surface area contributed by atoms with Gasteiger partial charge in [-0.05, 0) is 32.8 Å². The molecule has 2 rings (SSSR count). The third-order valence-electron chi connectivity index (χ3n) is 3.19. The Bertz CT molecular complexity index is 428. The molecular weight excluding hydrogens is 232 g/mol. The molecule has 1 aliphatic heterocycles. The standard InChI is InChI=1S/C13H20N2O3/c1-3-15-7-10(14)6-12(15)13(16)17-8-11-5-4-9(2)18-11/h6-7,9,11H,3-5,8,14H2,1-2H3. The lowest BCUT2D eigenvalue weighted by Gasteiger charge is -2.12. The van der Waals surface area contributed by atoms with Crippen molar-refractivity contribution < 1.29 is 14.3 Å². The van der Waals surface area contributed by atoms with E-state index in [1.807, 2.05) is 13.8 Å². The Morgan fingerprint density at radius 3 is 3.00 bits per heavy atom. The fourth-order valence-electron chi connectivity index (χ4n) is 2.22. The first kappa shape index (κ1) is 13.0. The highest BCUT2D eigenvalue weighted by Crippen LogP contribution is 2.20. The second-order valence-corrected chi connectivity index (χ2v) is 4.69. The molecule has 5 heteroatoms. The molecule has 0 bridgehead atoms. The van der Waals surface area contributed by atoms with Gasteiger partial charge >= 0.3 is 5.97 Å². The monoisotopic (exact) mass is 252 g/mol. The summed E-state index contributed by atoms with van der Waals surface area (Å²) in [4.78, 5) is 11.9. The van der Waals surface area contributed by atoms with Gasteiger partial charge in [-0.25, -0.2) is 4.79 Å². The van der Waals surface area contributed by atoms with Crippen molar-refractivity contribution in [3.05, 3.63) is 18.0 Å². The van der Waals surface area contributed by atoms with Crippen LogP contribution in [0, 0.1) is 0 Å². The van der Waals surface area contributed by atoms with Gasteiger partial charge in [-0.3, -0.25) is 0 Å². The molecule has 0 radical (unpaired) electrons. The van der Waals surface area contributed by atoms with Crippen LogP contribution in [0.25, 0.3) is 0 Å². The van der Waals surface area contributed by atoms with Gasteiger partial charge in [0.05, 0.1) is 17.9 Å². The average Bonchev–Trinajstić information content (AvgIpc) is 2.92. The molecule has 2 unspecified atom stereocenters. The van der Waals surface area contributed by atoms with Crippen LogP contribution in [0.3, 0.4) is 0 Å². The molecule has 0 saturated carbocycles. The van der Waals surface area contributed by atoms with Crippen LogP contribution in [0.2, 0.25) is 0 Å². The van der Waals surface area contributed by atoms with E-state index in [1.54, 1.807) is 16.8 Å². The number of ether oxygens (including phenoxy) is 2. The number of hydrogen-bond acceptors (Lipinski definition) is 4. The Labute approximate surface area is 107 Å². The third-order valence-corrected chi connectivity index (χ3v) is 3.19. The molecule has 18 heavy (non-hydrogen) atoms. The number of esters is 1. The van der Waals surface area contributed by atoms with Crippen molar-refractivity contribution in [3.63, 3.8) is 0 Å². The first-order valence-electron chi connectivity index (χ1n) is 6.38. The van der Waals surface area contributed by atoms with Gasteiger partial charge in [-0.2, -0.15) is 0 Å². The van der Waals surface area contributed by atoms with Crippen LogP contribution in [0.1, 0.15) is 37.2 Å². The maximum absolute atomic E-state index is 11.9. The highest BCUT2D eigenvalue weighted by atomic mass is 16.6. The lowest BCUT2D eigenvalue weighted by molar-refractivity contribution is -0.00324. The Morgan fingerprint density at radius 1 is 1.61 bits per heavy atom. The molecule has 2 N–H and O–H groups in total. The van der Waals surface area contributed by atoms with E-state index in [4.69, 9.17) is 15.2 Å². The third kappa shape index (κ3) is 2.85. The molecule has 2 atom stereocenters. The van der Waals surface area contributed by atoms with Gasteiger partial charge in [0.15, 0.2) is 0 Å². The van der Waals surface area contributed by atoms with Crippen LogP contribution < -0.4 is 5.73 Å². The summed E-state index contributed by atoms with van der Waals surface area (Å²) in [6.07, 6.45) is 4.02. The van der Waals surface area contributed by atoms with Gasteiger partial charge in [-0.15, -0.1) is 0 Å². The van der Waals surface area contributed by atoms with E-state index in [9.17, 15) is 4.79 Å². The molecule has 1 aromatic rings. The Balaban J connectivity index is 1.91. The van der Waals surface area contributed by atoms with Crippen molar-refractivity contribution in [1.29, 1.82) is 0 Å². The van der Waals surface area contributed by atoms with Crippen LogP contribution >= 0.6 is 0 Å². The number of nitrogen functional groups attached to an aromatic ring is 1. The van der Waals surface area contributed by atoms with Gasteiger partial charge in [-0.1, -0.05) is 0 Å². The van der Waals surface area contributed by atoms with Crippen molar-refractivity contribution in [2.24, 2.45) is 0 Å². The van der Waals surface area contributed by atoms with E-state index >= 15 is 0 Å². The average molecular weight is 252 g/mol. The van der Waals surface area contributed by atoms with Crippen LogP contribution in [0.4, 0.5) is 5.69 Å². The molecule has 0 aromatic carbocycles. The maximum atomic E-state index is 11.9. The minimum Gasteiger partial charge on any atom is -0.458 e. The molecule has 100 valence electrons. The topological polar surface area (TPSA) is 66.5 Å². The van der Waals surface area contributed by atoms with Crippen molar-refractivity contribution in [3.8, 4) is 0 Å². The molecule has 1 fully saturated rings. The van der Waals surface area contributed by atoms with Gasteiger partial charge in [0.25, 0.3) is 0 Å². The van der Waals surface area contributed by atoms with Gasteiger partial charge in [0.1, 0.15) is 12.3 Å². The van der Waals surface area contributed by atoms with E-state index < -0.39 is 0 Å². The number of aryl methyl sites for hydroxylation is 1. The highest BCUT2D eigenvalue weighted by molar-refractivity contribution is 5.89. The zero-order valence-corrected chi connectivity index (χ0v) is 10.9. The fraction of sp³-hybridized carbons (Fsp3) is 0.615. The number of carbonyl (C=O) groups excluding carboxylic acids is 1. The number of aromatic nitrogens is 1. The summed E-state index contributed by atoms with van der Waals surface area (Å²) < 4.78 is 12.7. The largest absolute Gasteiger partial charge is 0.458 e. The molecule has 1 aromatic heterocycles. The number of anilines is 1. The van der Waals surface area contributed by atoms with Gasteiger partial charge in [0.2, 0.25) is 0 Å². The molecular formula is C13H20N2O3. The van der Waals surface area contributed by atoms with Crippen LogP contribution in [-0.4, -0.2) is 29.4 Å². The van der Waals surface area contributed by atoms with E-state index in [-0.39, 0.29) is 18.2 Å².